The standard InChI is InChI=1S/C19H28N4OS/c1-15(12-24-13-17-7-5-4-6-8-17)11-22-19(20-3)21-10-9-18-14-25-16(2)23-18/h4-8,14-15H,9-13H2,1-3H3,(H2,20,21,22). The molecule has 136 valence electrons. The Bertz CT molecular complexity index is 642. The van der Waals surface area contributed by atoms with Gasteiger partial charge in [0.2, 0.25) is 0 Å². The minimum absolute atomic E-state index is 0.406. The van der Waals surface area contributed by atoms with Gasteiger partial charge in [0.1, 0.15) is 0 Å². The van der Waals surface area contributed by atoms with Gasteiger partial charge in [-0.05, 0) is 18.4 Å². The third kappa shape index (κ3) is 7.67. The van der Waals surface area contributed by atoms with Gasteiger partial charge in [-0.2, -0.15) is 0 Å². The van der Waals surface area contributed by atoms with Crippen molar-refractivity contribution in [1.82, 2.24) is 15.6 Å². The van der Waals surface area contributed by atoms with Crippen molar-refractivity contribution in [3.8, 4) is 0 Å². The minimum atomic E-state index is 0.406. The Hall–Kier alpha value is -1.92. The molecule has 0 saturated carbocycles. The van der Waals surface area contributed by atoms with Crippen LogP contribution in [0.15, 0.2) is 40.7 Å². The number of nitrogens with one attached hydrogen (secondary N) is 2. The van der Waals surface area contributed by atoms with E-state index in [0.29, 0.717) is 12.5 Å². The number of nitrogens with zero attached hydrogens (tertiary/aromatic N) is 2. The highest BCUT2D eigenvalue weighted by atomic mass is 32.1. The summed E-state index contributed by atoms with van der Waals surface area (Å²) < 4.78 is 5.78. The van der Waals surface area contributed by atoms with Crippen molar-refractivity contribution < 1.29 is 4.74 Å². The smallest absolute Gasteiger partial charge is 0.190 e. The molecule has 2 aromatic rings. The Morgan fingerprint density at radius 3 is 2.76 bits per heavy atom. The van der Waals surface area contributed by atoms with E-state index in [1.54, 1.807) is 18.4 Å². The number of aryl methyl sites for hydroxylation is 1. The van der Waals surface area contributed by atoms with E-state index in [4.69, 9.17) is 4.74 Å². The molecule has 0 spiro atoms. The van der Waals surface area contributed by atoms with Gasteiger partial charge in [0.05, 0.1) is 23.9 Å². The monoisotopic (exact) mass is 360 g/mol. The van der Waals surface area contributed by atoms with Crippen molar-refractivity contribution in [2.45, 2.75) is 26.9 Å². The third-order valence-corrected chi connectivity index (χ3v) is 4.52. The second-order valence-corrected chi connectivity index (χ2v) is 7.16. The Morgan fingerprint density at radius 1 is 1.28 bits per heavy atom. The molecule has 0 radical (unpaired) electrons. The zero-order valence-electron chi connectivity index (χ0n) is 15.3. The molecule has 0 aliphatic heterocycles. The van der Waals surface area contributed by atoms with Crippen LogP contribution in [0.2, 0.25) is 0 Å². The number of hydrogen-bond acceptors (Lipinski definition) is 4. The molecule has 0 fully saturated rings. The van der Waals surface area contributed by atoms with Crippen LogP contribution < -0.4 is 10.6 Å². The lowest BCUT2D eigenvalue weighted by Crippen LogP contribution is -2.40. The summed E-state index contributed by atoms with van der Waals surface area (Å²) in [7, 11) is 1.79. The average molecular weight is 361 g/mol. The molecule has 1 aromatic heterocycles. The molecule has 0 saturated heterocycles. The van der Waals surface area contributed by atoms with Gasteiger partial charge in [0.25, 0.3) is 0 Å². The van der Waals surface area contributed by atoms with Crippen molar-refractivity contribution in [3.05, 3.63) is 52.0 Å². The second-order valence-electron chi connectivity index (χ2n) is 6.09. The molecule has 0 aliphatic rings. The van der Waals surface area contributed by atoms with Crippen LogP contribution in [0.4, 0.5) is 0 Å². The van der Waals surface area contributed by atoms with Gasteiger partial charge in [-0.15, -0.1) is 11.3 Å². The van der Waals surface area contributed by atoms with Gasteiger partial charge >= 0.3 is 0 Å². The molecule has 1 aromatic carbocycles. The molecule has 2 N–H and O–H groups in total. The number of hydrogen-bond donors (Lipinski definition) is 2. The van der Waals surface area contributed by atoms with Crippen LogP contribution in [-0.2, 0) is 17.8 Å². The van der Waals surface area contributed by atoms with Gasteiger partial charge in [-0.3, -0.25) is 4.99 Å². The molecule has 1 unspecified atom stereocenters. The van der Waals surface area contributed by atoms with Crippen LogP contribution in [-0.4, -0.2) is 37.7 Å². The highest BCUT2D eigenvalue weighted by Crippen LogP contribution is 2.07. The van der Waals surface area contributed by atoms with Crippen LogP contribution in [0.5, 0.6) is 0 Å². The van der Waals surface area contributed by atoms with E-state index in [1.165, 1.54) is 5.56 Å². The molecule has 25 heavy (non-hydrogen) atoms. The summed E-state index contributed by atoms with van der Waals surface area (Å²) in [6.45, 7) is 7.22. The maximum Gasteiger partial charge on any atom is 0.190 e. The summed E-state index contributed by atoms with van der Waals surface area (Å²) in [5.74, 6) is 1.23. The van der Waals surface area contributed by atoms with Crippen LogP contribution in [0.25, 0.3) is 0 Å². The summed E-state index contributed by atoms with van der Waals surface area (Å²) in [6, 6.07) is 10.2. The fourth-order valence-corrected chi connectivity index (χ4v) is 2.98. The van der Waals surface area contributed by atoms with Gasteiger partial charge in [0, 0.05) is 31.9 Å². The van der Waals surface area contributed by atoms with E-state index in [2.05, 4.69) is 45.0 Å². The maximum atomic E-state index is 5.78. The normalized spacial score (nSPS) is 12.8. The highest BCUT2D eigenvalue weighted by Gasteiger charge is 2.05. The first kappa shape index (κ1) is 19.4. The van der Waals surface area contributed by atoms with Crippen molar-refractivity contribution in [2.24, 2.45) is 10.9 Å². The Labute approximate surface area is 154 Å². The minimum Gasteiger partial charge on any atom is -0.376 e. The highest BCUT2D eigenvalue weighted by molar-refractivity contribution is 7.09. The fraction of sp³-hybridized carbons (Fsp3) is 0.474. The van der Waals surface area contributed by atoms with E-state index in [9.17, 15) is 0 Å². The first-order chi connectivity index (χ1) is 12.2. The van der Waals surface area contributed by atoms with Crippen LogP contribution in [0, 0.1) is 12.8 Å². The molecule has 0 aliphatic carbocycles. The SMILES string of the molecule is CN=C(NCCc1csc(C)n1)NCC(C)COCc1ccccc1. The second kappa shape index (κ2) is 10.8. The van der Waals surface area contributed by atoms with Gasteiger partial charge in [-0.25, -0.2) is 4.98 Å². The van der Waals surface area contributed by atoms with E-state index < -0.39 is 0 Å². The zero-order valence-corrected chi connectivity index (χ0v) is 16.1. The van der Waals surface area contributed by atoms with Gasteiger partial charge < -0.3 is 15.4 Å². The Morgan fingerprint density at radius 2 is 2.08 bits per heavy atom. The Kier molecular flexibility index (Phi) is 8.42. The molecular weight excluding hydrogens is 332 g/mol. The molecule has 5 nitrogen and oxygen atoms in total. The topological polar surface area (TPSA) is 58.5 Å². The quantitative estimate of drug-likeness (QED) is 0.533. The molecule has 1 heterocycles. The number of aromatic nitrogens is 1. The summed E-state index contributed by atoms with van der Waals surface area (Å²) in [6.07, 6.45) is 0.904. The van der Waals surface area contributed by atoms with Crippen molar-refractivity contribution in [2.75, 3.05) is 26.7 Å². The molecule has 1 atom stereocenters. The predicted octanol–water partition coefficient (Wildman–Crippen LogP) is 3.01. The van der Waals surface area contributed by atoms with Gasteiger partial charge in [0.15, 0.2) is 5.96 Å². The summed E-state index contributed by atoms with van der Waals surface area (Å²) in [4.78, 5) is 8.73. The summed E-state index contributed by atoms with van der Waals surface area (Å²) >= 11 is 1.69. The lowest BCUT2D eigenvalue weighted by molar-refractivity contribution is 0.0931. The van der Waals surface area contributed by atoms with Crippen LogP contribution >= 0.6 is 11.3 Å². The predicted molar refractivity (Wildman–Crippen MR) is 105 cm³/mol. The lowest BCUT2D eigenvalue weighted by atomic mass is 10.2. The van der Waals surface area contributed by atoms with Crippen molar-refractivity contribution in [3.63, 3.8) is 0 Å². The zero-order chi connectivity index (χ0) is 17.9. The molecule has 0 amide bonds. The van der Waals surface area contributed by atoms with Crippen molar-refractivity contribution >= 4 is 17.3 Å². The Balaban J connectivity index is 1.59. The molecule has 0 bridgehead atoms. The van der Waals surface area contributed by atoms with Crippen LogP contribution in [0.1, 0.15) is 23.2 Å². The first-order valence-electron chi connectivity index (χ1n) is 8.64. The molecule has 6 heteroatoms. The van der Waals surface area contributed by atoms with Gasteiger partial charge in [-0.1, -0.05) is 37.3 Å². The van der Waals surface area contributed by atoms with E-state index in [1.807, 2.05) is 25.1 Å². The van der Waals surface area contributed by atoms with E-state index in [0.717, 1.165) is 42.8 Å². The largest absolute Gasteiger partial charge is 0.376 e. The first-order valence-corrected chi connectivity index (χ1v) is 9.52. The molecular formula is C19H28N4OS. The number of aliphatic imine (C=N–C) groups is 1. The number of thiazole rings is 1. The maximum absolute atomic E-state index is 5.78. The fourth-order valence-electron chi connectivity index (χ4n) is 2.33. The lowest BCUT2D eigenvalue weighted by Gasteiger charge is -2.16. The summed E-state index contributed by atoms with van der Waals surface area (Å²) in [5.41, 5.74) is 2.34. The number of benzene rings is 1. The number of rotatable bonds is 9. The summed E-state index contributed by atoms with van der Waals surface area (Å²) in [5, 5.41) is 9.90. The molecule has 2 rings (SSSR count). The van der Waals surface area contributed by atoms with Crippen molar-refractivity contribution in [1.29, 1.82) is 0 Å². The number of ether oxygens (including phenoxy) is 1. The van der Waals surface area contributed by atoms with E-state index in [-0.39, 0.29) is 0 Å². The third-order valence-electron chi connectivity index (χ3n) is 3.70. The average Bonchev–Trinajstić information content (AvgIpc) is 3.04. The number of guanidine groups is 1. The van der Waals surface area contributed by atoms with E-state index >= 15 is 0 Å². The van der Waals surface area contributed by atoms with Crippen LogP contribution in [0.3, 0.4) is 0 Å².